The Hall–Kier alpha value is -1.26. The lowest BCUT2D eigenvalue weighted by atomic mass is 9.64. The summed E-state index contributed by atoms with van der Waals surface area (Å²) >= 11 is 6.06. The number of benzene rings is 1. The lowest BCUT2D eigenvalue weighted by molar-refractivity contribution is -0.129. The van der Waals surface area contributed by atoms with E-state index in [1.807, 2.05) is 26.0 Å². The van der Waals surface area contributed by atoms with Gasteiger partial charge in [-0.3, -0.25) is 4.79 Å². The van der Waals surface area contributed by atoms with Crippen LogP contribution in [0.15, 0.2) is 18.2 Å². The van der Waals surface area contributed by atoms with E-state index in [2.05, 4.69) is 5.32 Å². The summed E-state index contributed by atoms with van der Waals surface area (Å²) in [5.74, 6) is 0.641. The zero-order valence-corrected chi connectivity index (χ0v) is 13.4. The van der Waals surface area contributed by atoms with Crippen molar-refractivity contribution in [1.29, 1.82) is 0 Å². The van der Waals surface area contributed by atoms with Crippen molar-refractivity contribution in [2.45, 2.75) is 45.3 Å². The van der Waals surface area contributed by atoms with E-state index in [4.69, 9.17) is 16.3 Å². The van der Waals surface area contributed by atoms with Gasteiger partial charge in [-0.15, -0.1) is 0 Å². The highest BCUT2D eigenvalue weighted by molar-refractivity contribution is 6.32. The minimum absolute atomic E-state index is 0.00640. The predicted molar refractivity (Wildman–Crippen MR) is 82.7 cm³/mol. The molecule has 4 nitrogen and oxygen atoms in total. The number of hydrogen-bond acceptors (Lipinski definition) is 3. The molecule has 21 heavy (non-hydrogen) atoms. The summed E-state index contributed by atoms with van der Waals surface area (Å²) in [6, 6.07) is 5.60. The lowest BCUT2D eigenvalue weighted by Crippen LogP contribution is -2.61. The SMILES string of the molecule is COc1ccc(CCC(=O)NC2CC(O)C2(C)C)cc1Cl. The average molecular weight is 312 g/mol. The first-order valence-corrected chi connectivity index (χ1v) is 7.52. The fourth-order valence-electron chi connectivity index (χ4n) is 2.54. The van der Waals surface area contributed by atoms with E-state index in [1.165, 1.54) is 0 Å². The molecular formula is C16H22ClNO3. The average Bonchev–Trinajstić information content (AvgIpc) is 2.45. The van der Waals surface area contributed by atoms with Crippen LogP contribution in [0, 0.1) is 5.41 Å². The number of nitrogens with one attached hydrogen (secondary N) is 1. The Kier molecular flexibility index (Phi) is 4.79. The Morgan fingerprint density at radius 2 is 2.24 bits per heavy atom. The summed E-state index contributed by atoms with van der Waals surface area (Å²) in [4.78, 5) is 12.0. The number of amides is 1. The third-order valence-electron chi connectivity index (χ3n) is 4.41. The predicted octanol–water partition coefficient (Wildman–Crippen LogP) is 2.56. The Morgan fingerprint density at radius 3 is 2.76 bits per heavy atom. The summed E-state index contributed by atoms with van der Waals surface area (Å²) < 4.78 is 5.10. The Morgan fingerprint density at radius 1 is 1.52 bits per heavy atom. The van der Waals surface area contributed by atoms with Crippen LogP contribution >= 0.6 is 11.6 Å². The lowest BCUT2D eigenvalue weighted by Gasteiger charge is -2.49. The summed E-state index contributed by atoms with van der Waals surface area (Å²) in [7, 11) is 1.57. The highest BCUT2D eigenvalue weighted by Crippen LogP contribution is 2.40. The van der Waals surface area contributed by atoms with Crippen LogP contribution in [0.3, 0.4) is 0 Å². The second-order valence-electron chi connectivity index (χ2n) is 6.16. The van der Waals surface area contributed by atoms with E-state index in [-0.39, 0.29) is 23.5 Å². The van der Waals surface area contributed by atoms with Crippen LogP contribution in [0.2, 0.25) is 5.02 Å². The van der Waals surface area contributed by atoms with E-state index in [1.54, 1.807) is 13.2 Å². The highest BCUT2D eigenvalue weighted by atomic mass is 35.5. The number of carbonyl (C=O) groups excluding carboxylic acids is 1. The smallest absolute Gasteiger partial charge is 0.220 e. The van der Waals surface area contributed by atoms with Gasteiger partial charge in [0.05, 0.1) is 18.2 Å². The van der Waals surface area contributed by atoms with Crippen molar-refractivity contribution < 1.29 is 14.6 Å². The molecular weight excluding hydrogens is 290 g/mol. The molecule has 1 aliphatic rings. The zero-order valence-electron chi connectivity index (χ0n) is 12.6. The number of ether oxygens (including phenoxy) is 1. The molecule has 1 aromatic carbocycles. The van der Waals surface area contributed by atoms with Gasteiger partial charge in [-0.2, -0.15) is 0 Å². The second kappa shape index (κ2) is 6.24. The molecule has 1 fully saturated rings. The van der Waals surface area contributed by atoms with Crippen LogP contribution in [-0.2, 0) is 11.2 Å². The normalized spacial score (nSPS) is 23.3. The van der Waals surface area contributed by atoms with Crippen molar-refractivity contribution in [3.63, 3.8) is 0 Å². The quantitative estimate of drug-likeness (QED) is 0.878. The van der Waals surface area contributed by atoms with Gasteiger partial charge in [-0.05, 0) is 30.5 Å². The number of carbonyl (C=O) groups is 1. The molecule has 0 aliphatic heterocycles. The van der Waals surface area contributed by atoms with Gasteiger partial charge in [0.15, 0.2) is 0 Å². The zero-order chi connectivity index (χ0) is 15.6. The molecule has 0 saturated heterocycles. The molecule has 116 valence electrons. The molecule has 5 heteroatoms. The molecule has 1 amide bonds. The standard InChI is InChI=1S/C16H22ClNO3/c1-16(2)13(9-14(16)19)18-15(20)7-5-10-4-6-12(21-3)11(17)8-10/h4,6,8,13-14,19H,5,7,9H2,1-3H3,(H,18,20). The van der Waals surface area contributed by atoms with Crippen molar-refractivity contribution >= 4 is 17.5 Å². The fourth-order valence-corrected chi connectivity index (χ4v) is 2.82. The largest absolute Gasteiger partial charge is 0.495 e. The van der Waals surface area contributed by atoms with Crippen LogP contribution in [0.5, 0.6) is 5.75 Å². The molecule has 0 aromatic heterocycles. The Balaban J connectivity index is 1.83. The number of aryl methyl sites for hydroxylation is 1. The van der Waals surface area contributed by atoms with Gasteiger partial charge in [-0.1, -0.05) is 31.5 Å². The van der Waals surface area contributed by atoms with E-state index >= 15 is 0 Å². The first kappa shape index (κ1) is 16.1. The third kappa shape index (κ3) is 3.50. The molecule has 0 radical (unpaired) electrons. The van der Waals surface area contributed by atoms with Crippen LogP contribution < -0.4 is 10.1 Å². The number of methoxy groups -OCH3 is 1. The van der Waals surface area contributed by atoms with Crippen molar-refractivity contribution in [2.24, 2.45) is 5.41 Å². The van der Waals surface area contributed by atoms with Crippen LogP contribution in [0.4, 0.5) is 0 Å². The van der Waals surface area contributed by atoms with Gasteiger partial charge in [0, 0.05) is 17.9 Å². The first-order valence-electron chi connectivity index (χ1n) is 7.14. The molecule has 1 aromatic rings. The van der Waals surface area contributed by atoms with Gasteiger partial charge < -0.3 is 15.2 Å². The molecule has 2 rings (SSSR count). The highest BCUT2D eigenvalue weighted by Gasteiger charge is 2.47. The van der Waals surface area contributed by atoms with E-state index < -0.39 is 0 Å². The van der Waals surface area contributed by atoms with Gasteiger partial charge in [0.2, 0.25) is 5.91 Å². The molecule has 2 atom stereocenters. The van der Waals surface area contributed by atoms with Crippen LogP contribution in [0.25, 0.3) is 0 Å². The van der Waals surface area contributed by atoms with Crippen molar-refractivity contribution in [3.05, 3.63) is 28.8 Å². The van der Waals surface area contributed by atoms with E-state index in [9.17, 15) is 9.90 Å². The number of aliphatic hydroxyl groups excluding tert-OH is 1. The minimum atomic E-state index is -0.330. The maximum Gasteiger partial charge on any atom is 0.220 e. The van der Waals surface area contributed by atoms with Gasteiger partial charge in [0.1, 0.15) is 5.75 Å². The van der Waals surface area contributed by atoms with Crippen molar-refractivity contribution in [2.75, 3.05) is 7.11 Å². The van der Waals surface area contributed by atoms with Crippen LogP contribution in [-0.4, -0.2) is 30.3 Å². The summed E-state index contributed by atoms with van der Waals surface area (Å²) in [6.07, 6.45) is 1.34. The molecule has 2 unspecified atom stereocenters. The number of halogens is 1. The van der Waals surface area contributed by atoms with Crippen molar-refractivity contribution in [1.82, 2.24) is 5.32 Å². The fraction of sp³-hybridized carbons (Fsp3) is 0.562. The van der Waals surface area contributed by atoms with Gasteiger partial charge in [0.25, 0.3) is 0 Å². The van der Waals surface area contributed by atoms with Gasteiger partial charge in [-0.25, -0.2) is 0 Å². The summed E-state index contributed by atoms with van der Waals surface area (Å²) in [5, 5.41) is 13.2. The monoisotopic (exact) mass is 311 g/mol. The molecule has 0 heterocycles. The van der Waals surface area contributed by atoms with E-state index in [0.717, 1.165) is 5.56 Å². The number of aliphatic hydroxyl groups is 1. The first-order chi connectivity index (χ1) is 9.84. The summed E-state index contributed by atoms with van der Waals surface area (Å²) in [6.45, 7) is 3.94. The molecule has 0 bridgehead atoms. The van der Waals surface area contributed by atoms with Crippen molar-refractivity contribution in [3.8, 4) is 5.75 Å². The molecule has 1 aliphatic carbocycles. The Bertz CT molecular complexity index is 530. The third-order valence-corrected chi connectivity index (χ3v) is 4.70. The number of rotatable bonds is 5. The van der Waals surface area contributed by atoms with Gasteiger partial charge >= 0.3 is 0 Å². The molecule has 0 spiro atoms. The maximum atomic E-state index is 12.0. The molecule has 2 N–H and O–H groups in total. The topological polar surface area (TPSA) is 58.6 Å². The number of hydrogen-bond donors (Lipinski definition) is 2. The molecule has 1 saturated carbocycles. The maximum absolute atomic E-state index is 12.0. The van der Waals surface area contributed by atoms with Crippen LogP contribution in [0.1, 0.15) is 32.3 Å². The second-order valence-corrected chi connectivity index (χ2v) is 6.57. The Labute approximate surface area is 130 Å². The van der Waals surface area contributed by atoms with E-state index in [0.29, 0.717) is 30.0 Å². The minimum Gasteiger partial charge on any atom is -0.495 e. The summed E-state index contributed by atoms with van der Waals surface area (Å²) in [5.41, 5.74) is 0.767.